The molecule has 4 aromatic heterocycles. The molecule has 0 fully saturated rings. The van der Waals surface area contributed by atoms with Gasteiger partial charge >= 0.3 is 0 Å². The SMILES string of the molecule is c1ccc(-c2nc(-c3ccccc3)nc(-c3cncc(-n4c5ccccc5c5cc(-c6ccc7[nH]c8ccccc8c7c6)ccc54)c3)n2)cc1. The minimum Gasteiger partial charge on any atom is -0.355 e. The summed E-state index contributed by atoms with van der Waals surface area (Å²) >= 11 is 0. The summed E-state index contributed by atoms with van der Waals surface area (Å²) in [7, 11) is 0. The Balaban J connectivity index is 1.12. The van der Waals surface area contributed by atoms with Crippen LogP contribution in [0.1, 0.15) is 0 Å². The highest BCUT2D eigenvalue weighted by molar-refractivity contribution is 6.12. The molecule has 10 aromatic rings. The molecule has 0 atom stereocenters. The van der Waals surface area contributed by atoms with Crippen LogP contribution < -0.4 is 0 Å². The molecule has 234 valence electrons. The Morgan fingerprint density at radius 3 is 1.68 bits per heavy atom. The fourth-order valence-electron chi connectivity index (χ4n) is 7.07. The monoisotopic (exact) mass is 640 g/mol. The molecule has 0 saturated heterocycles. The van der Waals surface area contributed by atoms with Gasteiger partial charge in [-0.25, -0.2) is 15.0 Å². The summed E-state index contributed by atoms with van der Waals surface area (Å²) in [4.78, 5) is 23.0. The number of aromatic nitrogens is 6. The van der Waals surface area contributed by atoms with Gasteiger partial charge in [0.15, 0.2) is 17.5 Å². The maximum Gasteiger partial charge on any atom is 0.165 e. The fourth-order valence-corrected chi connectivity index (χ4v) is 7.07. The number of rotatable bonds is 5. The molecule has 0 saturated carbocycles. The second kappa shape index (κ2) is 11.4. The first-order chi connectivity index (χ1) is 24.8. The Morgan fingerprint density at radius 2 is 0.940 bits per heavy atom. The van der Waals surface area contributed by atoms with Crippen molar-refractivity contribution in [2.75, 3.05) is 0 Å². The number of fused-ring (bicyclic) bond motifs is 6. The van der Waals surface area contributed by atoms with Crippen molar-refractivity contribution in [3.63, 3.8) is 0 Å². The number of nitrogens with one attached hydrogen (secondary N) is 1. The van der Waals surface area contributed by atoms with Crippen molar-refractivity contribution in [1.82, 2.24) is 29.5 Å². The minimum atomic E-state index is 0.572. The molecule has 6 heteroatoms. The molecular formula is C44H28N6. The van der Waals surface area contributed by atoms with Gasteiger partial charge in [0.25, 0.3) is 0 Å². The van der Waals surface area contributed by atoms with Crippen LogP contribution in [-0.4, -0.2) is 29.5 Å². The molecule has 50 heavy (non-hydrogen) atoms. The van der Waals surface area contributed by atoms with E-state index >= 15 is 0 Å². The van der Waals surface area contributed by atoms with E-state index in [4.69, 9.17) is 19.9 Å². The summed E-state index contributed by atoms with van der Waals surface area (Å²) in [5.74, 6) is 1.81. The normalized spacial score (nSPS) is 11.6. The van der Waals surface area contributed by atoms with Gasteiger partial charge in [-0.3, -0.25) is 4.98 Å². The Labute approximate surface area is 287 Å². The zero-order chi connectivity index (χ0) is 33.0. The van der Waals surface area contributed by atoms with Gasteiger partial charge < -0.3 is 9.55 Å². The lowest BCUT2D eigenvalue weighted by Crippen LogP contribution is -2.01. The molecule has 6 nitrogen and oxygen atoms in total. The molecule has 4 heterocycles. The average molecular weight is 641 g/mol. The maximum absolute atomic E-state index is 4.95. The predicted octanol–water partition coefficient (Wildman–Crippen LogP) is 10.7. The van der Waals surface area contributed by atoms with E-state index in [1.807, 2.05) is 73.1 Å². The van der Waals surface area contributed by atoms with Crippen LogP contribution in [0.5, 0.6) is 0 Å². The van der Waals surface area contributed by atoms with Crippen molar-refractivity contribution in [1.29, 1.82) is 0 Å². The zero-order valence-electron chi connectivity index (χ0n) is 26.8. The van der Waals surface area contributed by atoms with E-state index < -0.39 is 0 Å². The summed E-state index contributed by atoms with van der Waals surface area (Å²) in [6.07, 6.45) is 3.74. The molecule has 0 bridgehead atoms. The van der Waals surface area contributed by atoms with Crippen LogP contribution in [0.2, 0.25) is 0 Å². The van der Waals surface area contributed by atoms with Gasteiger partial charge in [-0.2, -0.15) is 0 Å². The smallest absolute Gasteiger partial charge is 0.165 e. The van der Waals surface area contributed by atoms with Crippen LogP contribution in [0.3, 0.4) is 0 Å². The molecule has 6 aromatic carbocycles. The van der Waals surface area contributed by atoms with Gasteiger partial charge in [-0.1, -0.05) is 109 Å². The number of hydrogen-bond donors (Lipinski definition) is 1. The summed E-state index contributed by atoms with van der Waals surface area (Å²) < 4.78 is 2.28. The summed E-state index contributed by atoms with van der Waals surface area (Å²) in [6, 6.07) is 52.7. The van der Waals surface area contributed by atoms with Crippen LogP contribution >= 0.6 is 0 Å². The van der Waals surface area contributed by atoms with Crippen molar-refractivity contribution in [3.8, 4) is 51.0 Å². The van der Waals surface area contributed by atoms with Crippen LogP contribution in [0.15, 0.2) is 164 Å². The molecule has 0 aliphatic rings. The van der Waals surface area contributed by atoms with E-state index in [1.165, 1.54) is 32.7 Å². The quantitative estimate of drug-likeness (QED) is 0.203. The number of benzene rings is 6. The first-order valence-electron chi connectivity index (χ1n) is 16.6. The van der Waals surface area contributed by atoms with Gasteiger partial charge in [0.05, 0.1) is 22.9 Å². The van der Waals surface area contributed by atoms with Crippen molar-refractivity contribution in [2.24, 2.45) is 0 Å². The van der Waals surface area contributed by atoms with Crippen LogP contribution in [0.25, 0.3) is 94.6 Å². The Hall–Kier alpha value is -6.92. The largest absolute Gasteiger partial charge is 0.355 e. The van der Waals surface area contributed by atoms with Crippen molar-refractivity contribution in [2.45, 2.75) is 0 Å². The molecule has 0 aliphatic heterocycles. The molecule has 10 rings (SSSR count). The number of para-hydroxylation sites is 2. The lowest BCUT2D eigenvalue weighted by molar-refractivity contribution is 1.06. The molecule has 0 aliphatic carbocycles. The number of nitrogens with zero attached hydrogens (tertiary/aromatic N) is 5. The third-order valence-corrected chi connectivity index (χ3v) is 9.45. The number of aromatic amines is 1. The molecule has 0 spiro atoms. The third kappa shape index (κ3) is 4.65. The highest BCUT2D eigenvalue weighted by atomic mass is 15.0. The van der Waals surface area contributed by atoms with E-state index in [-0.39, 0.29) is 0 Å². The van der Waals surface area contributed by atoms with Gasteiger partial charge in [0, 0.05) is 55.5 Å². The molecule has 0 unspecified atom stereocenters. The van der Waals surface area contributed by atoms with Crippen molar-refractivity contribution < 1.29 is 0 Å². The van der Waals surface area contributed by atoms with E-state index in [1.54, 1.807) is 0 Å². The first-order valence-corrected chi connectivity index (χ1v) is 16.6. The highest BCUT2D eigenvalue weighted by Crippen LogP contribution is 2.37. The Morgan fingerprint density at radius 1 is 0.380 bits per heavy atom. The Bertz CT molecular complexity index is 2810. The lowest BCUT2D eigenvalue weighted by atomic mass is 10.0. The van der Waals surface area contributed by atoms with Crippen LogP contribution in [0, 0.1) is 0 Å². The van der Waals surface area contributed by atoms with Crippen LogP contribution in [-0.2, 0) is 0 Å². The summed E-state index contributed by atoms with van der Waals surface area (Å²) in [5, 5.41) is 4.83. The lowest BCUT2D eigenvalue weighted by Gasteiger charge is -2.11. The average Bonchev–Trinajstić information content (AvgIpc) is 3.73. The zero-order valence-corrected chi connectivity index (χ0v) is 26.8. The van der Waals surface area contributed by atoms with E-state index in [0.717, 1.165) is 44.4 Å². The highest BCUT2D eigenvalue weighted by Gasteiger charge is 2.17. The van der Waals surface area contributed by atoms with E-state index in [2.05, 4.69) is 101 Å². The number of H-pyrrole nitrogens is 1. The first kappa shape index (κ1) is 28.1. The summed E-state index contributed by atoms with van der Waals surface area (Å²) in [5.41, 5.74) is 10.5. The fraction of sp³-hybridized carbons (Fsp3) is 0. The van der Waals surface area contributed by atoms with Crippen molar-refractivity contribution >= 4 is 43.6 Å². The Kier molecular flexibility index (Phi) is 6.39. The standard InChI is InChI=1S/C44H28N6/c1-3-11-28(12-4-1)42-47-43(29-13-5-2-6-14-29)49-44(48-42)32-23-33(27-45-26-32)50-40-18-10-8-16-35(40)37-25-31(20-22-41(37)50)30-19-21-39-36(24-30)34-15-7-9-17-38(34)46-39/h1-27,46H. The third-order valence-electron chi connectivity index (χ3n) is 9.45. The second-order valence-corrected chi connectivity index (χ2v) is 12.5. The van der Waals surface area contributed by atoms with Gasteiger partial charge in [-0.15, -0.1) is 0 Å². The molecular weight excluding hydrogens is 613 g/mol. The van der Waals surface area contributed by atoms with E-state index in [0.29, 0.717) is 17.5 Å². The minimum absolute atomic E-state index is 0.572. The predicted molar refractivity (Wildman–Crippen MR) is 203 cm³/mol. The topological polar surface area (TPSA) is 72.3 Å². The molecule has 1 N–H and O–H groups in total. The summed E-state index contributed by atoms with van der Waals surface area (Å²) in [6.45, 7) is 0. The van der Waals surface area contributed by atoms with Crippen molar-refractivity contribution in [3.05, 3.63) is 164 Å². The molecule has 0 radical (unpaired) electrons. The number of hydrogen-bond acceptors (Lipinski definition) is 4. The molecule has 0 amide bonds. The maximum atomic E-state index is 4.95. The van der Waals surface area contributed by atoms with Gasteiger partial charge in [0.2, 0.25) is 0 Å². The van der Waals surface area contributed by atoms with Gasteiger partial charge in [0.1, 0.15) is 0 Å². The van der Waals surface area contributed by atoms with Gasteiger partial charge in [-0.05, 0) is 53.6 Å². The second-order valence-electron chi connectivity index (χ2n) is 12.5. The van der Waals surface area contributed by atoms with Crippen LogP contribution in [0.4, 0.5) is 0 Å². The van der Waals surface area contributed by atoms with E-state index in [9.17, 15) is 0 Å². The number of pyridine rings is 1.